The fourth-order valence-corrected chi connectivity index (χ4v) is 1.95. The van der Waals surface area contributed by atoms with E-state index in [2.05, 4.69) is 0 Å². The summed E-state index contributed by atoms with van der Waals surface area (Å²) in [4.78, 5) is 11.4. The predicted molar refractivity (Wildman–Crippen MR) is 58.9 cm³/mol. The number of hydrogen-bond acceptors (Lipinski definition) is 4. The van der Waals surface area contributed by atoms with Gasteiger partial charge in [0.15, 0.2) is 0 Å². The van der Waals surface area contributed by atoms with Gasteiger partial charge >= 0.3 is 0 Å². The van der Waals surface area contributed by atoms with Crippen molar-refractivity contribution in [3.63, 3.8) is 0 Å². The summed E-state index contributed by atoms with van der Waals surface area (Å²) in [5, 5.41) is 4.91. The first kappa shape index (κ1) is 11.1. The molecule has 0 fully saturated rings. The number of nitrogens with two attached hydrogens (primary N) is 1. The first-order valence-electron chi connectivity index (χ1n) is 4.13. The third-order valence-corrected chi connectivity index (χ3v) is 3.20. The SMILES string of the molecule is NS(=O)(=O)c1ccc2occ(Cl)c(=O)c2c1. The Morgan fingerprint density at radius 1 is 1.31 bits per heavy atom. The molecule has 1 heterocycles. The highest BCUT2D eigenvalue weighted by Gasteiger charge is 2.11. The molecule has 2 aromatic rings. The van der Waals surface area contributed by atoms with Gasteiger partial charge in [0.2, 0.25) is 15.5 Å². The first-order chi connectivity index (χ1) is 7.39. The van der Waals surface area contributed by atoms with Crippen molar-refractivity contribution in [2.24, 2.45) is 5.14 Å². The molecule has 5 nitrogen and oxygen atoms in total. The Labute approximate surface area is 95.5 Å². The van der Waals surface area contributed by atoms with Gasteiger partial charge in [-0.2, -0.15) is 0 Å². The van der Waals surface area contributed by atoms with Crippen molar-refractivity contribution in [1.82, 2.24) is 0 Å². The molecule has 84 valence electrons. The molecule has 0 aliphatic rings. The van der Waals surface area contributed by atoms with E-state index in [1.54, 1.807) is 0 Å². The summed E-state index contributed by atoms with van der Waals surface area (Å²) in [6, 6.07) is 3.75. The monoisotopic (exact) mass is 259 g/mol. The fraction of sp³-hybridized carbons (Fsp3) is 0. The van der Waals surface area contributed by atoms with Crippen molar-refractivity contribution < 1.29 is 12.8 Å². The van der Waals surface area contributed by atoms with Crippen LogP contribution in [0.3, 0.4) is 0 Å². The minimum Gasteiger partial charge on any atom is -0.463 e. The molecule has 2 rings (SSSR count). The van der Waals surface area contributed by atoms with Gasteiger partial charge in [-0.15, -0.1) is 0 Å². The van der Waals surface area contributed by atoms with E-state index < -0.39 is 15.5 Å². The minimum absolute atomic E-state index is 0.0824. The van der Waals surface area contributed by atoms with Gasteiger partial charge in [-0.25, -0.2) is 13.6 Å². The highest BCUT2D eigenvalue weighted by Crippen LogP contribution is 2.17. The molecular weight excluding hydrogens is 254 g/mol. The van der Waals surface area contributed by atoms with Crippen LogP contribution in [0.4, 0.5) is 0 Å². The van der Waals surface area contributed by atoms with Gasteiger partial charge in [0.05, 0.1) is 10.3 Å². The van der Waals surface area contributed by atoms with E-state index in [1.807, 2.05) is 0 Å². The van der Waals surface area contributed by atoms with Crippen LogP contribution in [0.5, 0.6) is 0 Å². The number of hydrogen-bond donors (Lipinski definition) is 1. The zero-order valence-electron chi connectivity index (χ0n) is 7.81. The number of benzene rings is 1. The quantitative estimate of drug-likeness (QED) is 0.830. The molecule has 0 atom stereocenters. The smallest absolute Gasteiger partial charge is 0.238 e. The topological polar surface area (TPSA) is 90.4 Å². The van der Waals surface area contributed by atoms with Crippen molar-refractivity contribution in [1.29, 1.82) is 0 Å². The maximum Gasteiger partial charge on any atom is 0.238 e. The molecule has 0 radical (unpaired) electrons. The standard InChI is InChI=1S/C9H6ClNO4S/c10-7-4-15-8-2-1-5(16(11,13)14)3-6(8)9(7)12/h1-4H,(H2,11,13,14). The number of sulfonamides is 1. The third kappa shape index (κ3) is 1.82. The van der Waals surface area contributed by atoms with Crippen LogP contribution in [-0.4, -0.2) is 8.42 Å². The maximum atomic E-state index is 11.6. The molecule has 16 heavy (non-hydrogen) atoms. The Morgan fingerprint density at radius 3 is 2.62 bits per heavy atom. The number of fused-ring (bicyclic) bond motifs is 1. The molecule has 0 saturated heterocycles. The van der Waals surface area contributed by atoms with Crippen LogP contribution >= 0.6 is 11.6 Å². The van der Waals surface area contributed by atoms with E-state index in [0.717, 1.165) is 12.3 Å². The van der Waals surface area contributed by atoms with Crippen LogP contribution in [0.15, 0.2) is 38.6 Å². The maximum absolute atomic E-state index is 11.6. The van der Waals surface area contributed by atoms with E-state index in [-0.39, 0.29) is 20.9 Å². The van der Waals surface area contributed by atoms with Crippen LogP contribution < -0.4 is 10.6 Å². The third-order valence-electron chi connectivity index (χ3n) is 2.03. The molecule has 1 aromatic carbocycles. The van der Waals surface area contributed by atoms with Gasteiger partial charge in [0, 0.05) is 0 Å². The Kier molecular flexibility index (Phi) is 2.49. The lowest BCUT2D eigenvalue weighted by Gasteiger charge is -2.00. The lowest BCUT2D eigenvalue weighted by Crippen LogP contribution is -2.13. The lowest BCUT2D eigenvalue weighted by atomic mass is 10.2. The normalized spacial score (nSPS) is 11.9. The molecule has 2 N–H and O–H groups in total. The summed E-state index contributed by atoms with van der Waals surface area (Å²) in [6.45, 7) is 0. The zero-order chi connectivity index (χ0) is 11.9. The summed E-state index contributed by atoms with van der Waals surface area (Å²) in [7, 11) is -3.85. The molecule has 0 aliphatic carbocycles. The fourth-order valence-electron chi connectivity index (χ4n) is 1.26. The van der Waals surface area contributed by atoms with E-state index in [0.29, 0.717) is 0 Å². The summed E-state index contributed by atoms with van der Waals surface area (Å²) >= 11 is 5.57. The highest BCUT2D eigenvalue weighted by molar-refractivity contribution is 7.89. The van der Waals surface area contributed by atoms with Gasteiger partial charge < -0.3 is 4.42 Å². The molecule has 1 aromatic heterocycles. The van der Waals surface area contributed by atoms with Gasteiger partial charge in [-0.3, -0.25) is 4.79 Å². The predicted octanol–water partition coefficient (Wildman–Crippen LogP) is 1.09. The van der Waals surface area contributed by atoms with Gasteiger partial charge in [-0.05, 0) is 18.2 Å². The Bertz CT molecular complexity index is 720. The minimum atomic E-state index is -3.85. The largest absolute Gasteiger partial charge is 0.463 e. The Hall–Kier alpha value is -1.37. The summed E-state index contributed by atoms with van der Waals surface area (Å²) in [6.07, 6.45) is 1.10. The van der Waals surface area contributed by atoms with Crippen LogP contribution in [0.25, 0.3) is 11.0 Å². The molecular formula is C9H6ClNO4S. The van der Waals surface area contributed by atoms with Gasteiger partial charge in [-0.1, -0.05) is 11.6 Å². The second kappa shape index (κ2) is 3.58. The highest BCUT2D eigenvalue weighted by atomic mass is 35.5. The molecule has 0 spiro atoms. The molecule has 0 bridgehead atoms. The Balaban J connectivity index is 2.90. The second-order valence-electron chi connectivity index (χ2n) is 3.12. The molecule has 0 amide bonds. The number of halogens is 1. The summed E-state index contributed by atoms with van der Waals surface area (Å²) in [5.41, 5.74) is -0.241. The molecule has 0 saturated carbocycles. The average Bonchev–Trinajstić information content (AvgIpc) is 2.22. The van der Waals surface area contributed by atoms with Crippen molar-refractivity contribution in [3.05, 3.63) is 39.7 Å². The van der Waals surface area contributed by atoms with E-state index >= 15 is 0 Å². The zero-order valence-corrected chi connectivity index (χ0v) is 9.38. The lowest BCUT2D eigenvalue weighted by molar-refractivity contribution is 0.596. The van der Waals surface area contributed by atoms with Crippen LogP contribution in [0.2, 0.25) is 5.02 Å². The van der Waals surface area contributed by atoms with E-state index in [1.165, 1.54) is 12.1 Å². The van der Waals surface area contributed by atoms with Crippen LogP contribution in [0.1, 0.15) is 0 Å². The molecule has 0 unspecified atom stereocenters. The average molecular weight is 260 g/mol. The first-order valence-corrected chi connectivity index (χ1v) is 6.06. The Morgan fingerprint density at radius 2 is 2.00 bits per heavy atom. The molecule has 7 heteroatoms. The summed E-state index contributed by atoms with van der Waals surface area (Å²) in [5.74, 6) is 0. The van der Waals surface area contributed by atoms with Gasteiger partial charge in [0.1, 0.15) is 16.9 Å². The number of rotatable bonds is 1. The second-order valence-corrected chi connectivity index (χ2v) is 5.08. The van der Waals surface area contributed by atoms with Crippen LogP contribution in [-0.2, 0) is 10.0 Å². The van der Waals surface area contributed by atoms with Crippen molar-refractivity contribution in [2.45, 2.75) is 4.90 Å². The molecule has 0 aliphatic heterocycles. The van der Waals surface area contributed by atoms with Crippen molar-refractivity contribution in [3.8, 4) is 0 Å². The summed E-state index contributed by atoms with van der Waals surface area (Å²) < 4.78 is 27.2. The van der Waals surface area contributed by atoms with Crippen molar-refractivity contribution >= 4 is 32.6 Å². The van der Waals surface area contributed by atoms with E-state index in [4.69, 9.17) is 21.2 Å². The van der Waals surface area contributed by atoms with E-state index in [9.17, 15) is 13.2 Å². The van der Waals surface area contributed by atoms with Crippen molar-refractivity contribution in [2.75, 3.05) is 0 Å². The van der Waals surface area contributed by atoms with Gasteiger partial charge in [0.25, 0.3) is 0 Å². The number of primary sulfonamides is 1. The van der Waals surface area contributed by atoms with Crippen LogP contribution in [0, 0.1) is 0 Å².